The first-order valence-corrected chi connectivity index (χ1v) is 9.34. The third-order valence-electron chi connectivity index (χ3n) is 5.21. The Morgan fingerprint density at radius 1 is 0.929 bits per heavy atom. The molecule has 5 aromatic rings. The van der Waals surface area contributed by atoms with Crippen LogP contribution in [0.1, 0.15) is 6.42 Å². The van der Waals surface area contributed by atoms with Crippen LogP contribution in [0.5, 0.6) is 0 Å². The summed E-state index contributed by atoms with van der Waals surface area (Å²) in [4.78, 5) is 18.9. The van der Waals surface area contributed by atoms with Crippen molar-refractivity contribution in [2.45, 2.75) is 13.0 Å². The van der Waals surface area contributed by atoms with E-state index in [4.69, 9.17) is 0 Å². The summed E-state index contributed by atoms with van der Waals surface area (Å²) in [6.07, 6.45) is 6.36. The number of H-pyrrole nitrogens is 2. The Morgan fingerprint density at radius 3 is 2.57 bits per heavy atom. The van der Waals surface area contributed by atoms with Crippen molar-refractivity contribution in [2.24, 2.45) is 0 Å². The molecule has 0 spiro atoms. The summed E-state index contributed by atoms with van der Waals surface area (Å²) >= 11 is 0. The molecule has 3 N–H and O–H groups in total. The van der Waals surface area contributed by atoms with Crippen LogP contribution in [0.15, 0.2) is 71.9 Å². The van der Waals surface area contributed by atoms with Gasteiger partial charge in [0.25, 0.3) is 0 Å². The summed E-state index contributed by atoms with van der Waals surface area (Å²) in [6.45, 7) is 0.825. The molecule has 0 bridgehead atoms. The lowest BCUT2D eigenvalue weighted by molar-refractivity contribution is 0.280. The van der Waals surface area contributed by atoms with Gasteiger partial charge in [-0.25, -0.2) is 4.79 Å². The molecule has 3 heterocycles. The number of aliphatic hydroxyl groups excluding tert-OH is 1. The van der Waals surface area contributed by atoms with E-state index in [1.165, 1.54) is 0 Å². The molecule has 0 aliphatic rings. The number of aromatic nitrogens is 4. The summed E-state index contributed by atoms with van der Waals surface area (Å²) in [5.74, 6) is 0. The van der Waals surface area contributed by atoms with Crippen molar-refractivity contribution in [3.63, 3.8) is 0 Å². The summed E-state index contributed by atoms with van der Waals surface area (Å²) in [5, 5.41) is 11.3. The lowest BCUT2D eigenvalue weighted by atomic mass is 10.1. The van der Waals surface area contributed by atoms with Crippen LogP contribution in [-0.4, -0.2) is 30.8 Å². The molecule has 0 aliphatic carbocycles. The average molecular weight is 372 g/mol. The third kappa shape index (κ3) is 2.50. The number of benzene rings is 2. The van der Waals surface area contributed by atoms with Gasteiger partial charge in [0.1, 0.15) is 0 Å². The van der Waals surface area contributed by atoms with Crippen molar-refractivity contribution in [3.05, 3.63) is 77.6 Å². The minimum Gasteiger partial charge on any atom is -0.396 e. The van der Waals surface area contributed by atoms with Crippen LogP contribution < -0.4 is 5.69 Å². The van der Waals surface area contributed by atoms with Gasteiger partial charge in [0.15, 0.2) is 0 Å². The van der Waals surface area contributed by atoms with Crippen LogP contribution in [0, 0.1) is 0 Å². The zero-order valence-electron chi connectivity index (χ0n) is 15.2. The lowest BCUT2D eigenvalue weighted by Gasteiger charge is -2.05. The number of aliphatic hydroxyl groups is 1. The van der Waals surface area contributed by atoms with Crippen LogP contribution >= 0.6 is 0 Å². The Morgan fingerprint density at radius 2 is 1.71 bits per heavy atom. The van der Waals surface area contributed by atoms with Gasteiger partial charge in [-0.3, -0.25) is 4.57 Å². The molecule has 0 saturated carbocycles. The second kappa shape index (κ2) is 6.58. The largest absolute Gasteiger partial charge is 0.396 e. The predicted molar refractivity (Wildman–Crippen MR) is 111 cm³/mol. The summed E-state index contributed by atoms with van der Waals surface area (Å²) in [7, 11) is 0. The molecule has 5 rings (SSSR count). The first-order chi connectivity index (χ1) is 13.8. The molecule has 0 saturated heterocycles. The Hall–Kier alpha value is -3.51. The maximum Gasteiger partial charge on any atom is 0.330 e. The van der Waals surface area contributed by atoms with Crippen molar-refractivity contribution >= 4 is 21.8 Å². The quantitative estimate of drug-likeness (QED) is 0.440. The fourth-order valence-corrected chi connectivity index (χ4v) is 3.92. The molecule has 0 amide bonds. The number of nitrogens with one attached hydrogen (secondary N) is 2. The maximum atomic E-state index is 12.8. The van der Waals surface area contributed by atoms with E-state index in [2.05, 4.69) is 14.5 Å². The van der Waals surface area contributed by atoms with Crippen LogP contribution in [-0.2, 0) is 6.54 Å². The number of fused-ring (bicyclic) bond motifs is 2. The predicted octanol–water partition coefficient (Wildman–Crippen LogP) is 3.65. The van der Waals surface area contributed by atoms with Crippen LogP contribution in [0.25, 0.3) is 38.8 Å². The van der Waals surface area contributed by atoms with Gasteiger partial charge >= 0.3 is 5.69 Å². The fraction of sp³-hybridized carbons (Fsp3) is 0.136. The van der Waals surface area contributed by atoms with Gasteiger partial charge in [0, 0.05) is 53.6 Å². The van der Waals surface area contributed by atoms with E-state index in [0.717, 1.165) is 38.8 Å². The number of imidazole rings is 1. The van der Waals surface area contributed by atoms with Gasteiger partial charge in [-0.2, -0.15) is 0 Å². The van der Waals surface area contributed by atoms with E-state index in [1.54, 1.807) is 10.8 Å². The molecule has 2 aromatic carbocycles. The van der Waals surface area contributed by atoms with Crippen LogP contribution in [0.2, 0.25) is 0 Å². The highest BCUT2D eigenvalue weighted by molar-refractivity contribution is 5.96. The molecule has 3 aromatic heterocycles. The van der Waals surface area contributed by atoms with Crippen molar-refractivity contribution in [3.8, 4) is 16.9 Å². The summed E-state index contributed by atoms with van der Waals surface area (Å²) in [5.41, 5.74) is 4.52. The van der Waals surface area contributed by atoms with Gasteiger partial charge < -0.3 is 19.6 Å². The van der Waals surface area contributed by atoms with Gasteiger partial charge in [-0.05, 0) is 18.6 Å². The van der Waals surface area contributed by atoms with E-state index in [-0.39, 0.29) is 12.3 Å². The Kier molecular flexibility index (Phi) is 3.91. The van der Waals surface area contributed by atoms with Crippen LogP contribution in [0.3, 0.4) is 0 Å². The minimum atomic E-state index is -0.176. The number of para-hydroxylation sites is 2. The second-order valence-electron chi connectivity index (χ2n) is 6.86. The molecule has 140 valence electrons. The first-order valence-electron chi connectivity index (χ1n) is 9.34. The molecule has 0 unspecified atom stereocenters. The summed E-state index contributed by atoms with van der Waals surface area (Å²) in [6, 6.07) is 16.1. The highest BCUT2D eigenvalue weighted by atomic mass is 16.3. The molecule has 0 aliphatic heterocycles. The molecular formula is C22H20N4O2. The summed E-state index contributed by atoms with van der Waals surface area (Å²) < 4.78 is 3.83. The number of hydrogen-bond donors (Lipinski definition) is 3. The highest BCUT2D eigenvalue weighted by Gasteiger charge is 2.18. The molecular weight excluding hydrogens is 352 g/mol. The Balaban J connectivity index is 1.76. The SMILES string of the molecule is O=c1[nH]cc(-c2c[nH]c3ccccc23)n1-c1cn(CCCO)c2ccccc12. The number of rotatable bonds is 5. The minimum absolute atomic E-state index is 0.131. The lowest BCUT2D eigenvalue weighted by Crippen LogP contribution is -2.15. The van der Waals surface area contributed by atoms with E-state index in [9.17, 15) is 9.90 Å². The Bertz CT molecular complexity index is 1340. The third-order valence-corrected chi connectivity index (χ3v) is 5.21. The van der Waals surface area contributed by atoms with Gasteiger partial charge in [-0.15, -0.1) is 0 Å². The van der Waals surface area contributed by atoms with E-state index < -0.39 is 0 Å². The maximum absolute atomic E-state index is 12.8. The zero-order valence-corrected chi connectivity index (χ0v) is 15.2. The first kappa shape index (κ1) is 16.6. The standard InChI is InChI=1S/C22H20N4O2/c27-11-5-10-25-14-21(16-7-2-4-9-19(16)25)26-20(13-24-22(26)28)17-12-23-18-8-3-1-6-15(17)18/h1-4,6-9,12-14,23,27H,5,10-11H2,(H,24,28). The second-order valence-corrected chi connectivity index (χ2v) is 6.86. The smallest absolute Gasteiger partial charge is 0.330 e. The van der Waals surface area contributed by atoms with Gasteiger partial charge in [-0.1, -0.05) is 36.4 Å². The number of aryl methyl sites for hydroxylation is 1. The van der Waals surface area contributed by atoms with Crippen molar-refractivity contribution < 1.29 is 5.11 Å². The van der Waals surface area contributed by atoms with Crippen molar-refractivity contribution in [2.75, 3.05) is 6.61 Å². The Labute approximate surface area is 160 Å². The topological polar surface area (TPSA) is 78.7 Å². The molecule has 6 heteroatoms. The molecule has 0 fully saturated rings. The van der Waals surface area contributed by atoms with Gasteiger partial charge in [0.2, 0.25) is 0 Å². The van der Waals surface area contributed by atoms with Crippen LogP contribution in [0.4, 0.5) is 0 Å². The normalized spacial score (nSPS) is 11.6. The number of nitrogens with zero attached hydrogens (tertiary/aromatic N) is 2. The number of aromatic amines is 2. The van der Waals surface area contributed by atoms with E-state index >= 15 is 0 Å². The molecule has 28 heavy (non-hydrogen) atoms. The monoisotopic (exact) mass is 372 g/mol. The van der Waals surface area contributed by atoms with Gasteiger partial charge in [0.05, 0.1) is 16.9 Å². The van der Waals surface area contributed by atoms with E-state index in [1.807, 2.05) is 60.9 Å². The molecule has 0 atom stereocenters. The molecule has 0 radical (unpaired) electrons. The van der Waals surface area contributed by atoms with Crippen molar-refractivity contribution in [1.29, 1.82) is 0 Å². The fourth-order valence-electron chi connectivity index (χ4n) is 3.92. The average Bonchev–Trinajstić information content (AvgIpc) is 3.41. The van der Waals surface area contributed by atoms with E-state index in [0.29, 0.717) is 13.0 Å². The van der Waals surface area contributed by atoms with Crippen molar-refractivity contribution in [1.82, 2.24) is 19.1 Å². The zero-order chi connectivity index (χ0) is 19.1. The molecule has 6 nitrogen and oxygen atoms in total. The number of hydrogen-bond acceptors (Lipinski definition) is 2. The highest BCUT2D eigenvalue weighted by Crippen LogP contribution is 2.32.